The molecule has 0 saturated carbocycles. The van der Waals surface area contributed by atoms with E-state index in [0.29, 0.717) is 29.8 Å². The van der Waals surface area contributed by atoms with Crippen molar-refractivity contribution in [3.8, 4) is 5.75 Å². The third-order valence-electron chi connectivity index (χ3n) is 3.92. The summed E-state index contributed by atoms with van der Waals surface area (Å²) in [7, 11) is 12.3. The van der Waals surface area contributed by atoms with E-state index in [2.05, 4.69) is 18.1 Å². The van der Waals surface area contributed by atoms with Crippen molar-refractivity contribution in [2.24, 2.45) is 0 Å². The van der Waals surface area contributed by atoms with Crippen molar-refractivity contribution >= 4 is 32.3 Å². The standard InChI is InChI=1S/C21H23B2N2O/c1-5-19(26-18-11-9-17(10-12-18)15(2)3)21(23)25(14-16(4)22)20-8-6-7-13-24-20/h6-13,19H,2,4-5,14H2,1,3H3. The Morgan fingerprint density at radius 2 is 1.88 bits per heavy atom. The fraction of sp³-hybridized carbons (Fsp3) is 0.238. The van der Waals surface area contributed by atoms with Gasteiger partial charge in [-0.3, -0.25) is 0 Å². The summed E-state index contributed by atoms with van der Waals surface area (Å²) in [5.74, 6) is 1.45. The molecule has 3 nitrogen and oxygen atoms in total. The Kier molecular flexibility index (Phi) is 7.02. The average Bonchev–Trinajstić information content (AvgIpc) is 2.64. The Labute approximate surface area is 158 Å². The molecule has 0 aliphatic carbocycles. The van der Waals surface area contributed by atoms with Crippen LogP contribution in [-0.4, -0.2) is 38.6 Å². The Balaban J connectivity index is 2.21. The summed E-state index contributed by atoms with van der Waals surface area (Å²) in [6, 6.07) is 13.5. The van der Waals surface area contributed by atoms with E-state index in [4.69, 9.17) is 20.1 Å². The maximum absolute atomic E-state index is 6.45. The number of allylic oxidation sites excluding steroid dienone is 1. The van der Waals surface area contributed by atoms with Gasteiger partial charge in [-0.1, -0.05) is 0 Å². The van der Waals surface area contributed by atoms with Gasteiger partial charge >= 0.3 is 158 Å². The molecule has 1 aromatic carbocycles. The van der Waals surface area contributed by atoms with Gasteiger partial charge in [-0.05, 0) is 0 Å². The van der Waals surface area contributed by atoms with Gasteiger partial charge in [0, 0.05) is 0 Å². The van der Waals surface area contributed by atoms with Gasteiger partial charge in [-0.2, -0.15) is 0 Å². The van der Waals surface area contributed by atoms with E-state index in [0.717, 1.165) is 16.9 Å². The molecule has 129 valence electrons. The first-order valence-electron chi connectivity index (χ1n) is 8.59. The van der Waals surface area contributed by atoms with Crippen molar-refractivity contribution in [2.75, 3.05) is 11.4 Å². The van der Waals surface area contributed by atoms with Crippen molar-refractivity contribution in [3.63, 3.8) is 0 Å². The van der Waals surface area contributed by atoms with Gasteiger partial charge in [0.1, 0.15) is 0 Å². The Bertz CT molecular complexity index is 772. The number of nitrogens with zero attached hydrogens (tertiary/aromatic N) is 2. The van der Waals surface area contributed by atoms with Gasteiger partial charge in [0.25, 0.3) is 0 Å². The third kappa shape index (κ3) is 5.22. The number of pyridine rings is 1. The molecule has 0 aliphatic heterocycles. The fourth-order valence-electron chi connectivity index (χ4n) is 2.53. The molecule has 1 unspecified atom stereocenters. The van der Waals surface area contributed by atoms with Crippen LogP contribution in [0.1, 0.15) is 25.8 Å². The molecule has 0 amide bonds. The second-order valence-corrected chi connectivity index (χ2v) is 6.18. The summed E-state index contributed by atoms with van der Waals surface area (Å²) in [5.41, 5.74) is 3.13. The van der Waals surface area contributed by atoms with Crippen LogP contribution in [0.5, 0.6) is 5.75 Å². The zero-order valence-electron chi connectivity index (χ0n) is 15.5. The first kappa shape index (κ1) is 19.8. The molecule has 3 radical (unpaired) electrons. The second kappa shape index (κ2) is 9.23. The van der Waals surface area contributed by atoms with Crippen molar-refractivity contribution in [2.45, 2.75) is 26.4 Å². The maximum atomic E-state index is 6.45. The van der Waals surface area contributed by atoms with Gasteiger partial charge < -0.3 is 0 Å². The van der Waals surface area contributed by atoms with Crippen LogP contribution in [-0.2, 0) is 0 Å². The molecule has 5 heteroatoms. The van der Waals surface area contributed by atoms with E-state index in [1.807, 2.05) is 61.2 Å². The zero-order valence-corrected chi connectivity index (χ0v) is 15.5. The summed E-state index contributed by atoms with van der Waals surface area (Å²) in [4.78, 5) is 6.20. The van der Waals surface area contributed by atoms with E-state index in [9.17, 15) is 0 Å². The van der Waals surface area contributed by atoms with Gasteiger partial charge in [0.2, 0.25) is 0 Å². The topological polar surface area (TPSA) is 25.4 Å². The molecule has 0 fully saturated rings. The van der Waals surface area contributed by atoms with Gasteiger partial charge in [0.05, 0.1) is 0 Å². The minimum atomic E-state index is -0.313. The molecule has 0 N–H and O–H groups in total. The van der Waals surface area contributed by atoms with Crippen LogP contribution in [0, 0.1) is 0 Å². The SMILES string of the molecule is [B]C(=C)CN(C(=[B])C(CC)Oc1ccc(C(=C)C)cc1)c1ccccn1. The molecule has 1 atom stereocenters. The van der Waals surface area contributed by atoms with Crippen molar-refractivity contribution in [1.29, 1.82) is 0 Å². The Hall–Kier alpha value is -2.55. The molecule has 0 aliphatic rings. The average molecular weight is 341 g/mol. The zero-order chi connectivity index (χ0) is 19.1. The van der Waals surface area contributed by atoms with E-state index in [1.165, 1.54) is 0 Å². The fourth-order valence-corrected chi connectivity index (χ4v) is 2.53. The normalized spacial score (nSPS) is 11.4. The van der Waals surface area contributed by atoms with E-state index in [1.54, 1.807) is 6.20 Å². The van der Waals surface area contributed by atoms with Crippen molar-refractivity contribution in [1.82, 2.24) is 4.98 Å². The predicted octanol–water partition coefficient (Wildman–Crippen LogP) is 3.76. The Morgan fingerprint density at radius 1 is 1.19 bits per heavy atom. The molecule has 26 heavy (non-hydrogen) atoms. The van der Waals surface area contributed by atoms with E-state index < -0.39 is 0 Å². The number of hydrogen-bond acceptors (Lipinski definition) is 3. The van der Waals surface area contributed by atoms with Crippen LogP contribution in [0.25, 0.3) is 5.57 Å². The van der Waals surface area contributed by atoms with E-state index >= 15 is 0 Å². The van der Waals surface area contributed by atoms with Crippen LogP contribution >= 0.6 is 0 Å². The molecule has 1 aromatic heterocycles. The van der Waals surface area contributed by atoms with Crippen LogP contribution in [0.4, 0.5) is 5.82 Å². The van der Waals surface area contributed by atoms with Gasteiger partial charge in [-0.15, -0.1) is 0 Å². The third-order valence-corrected chi connectivity index (χ3v) is 3.92. The van der Waals surface area contributed by atoms with Crippen LogP contribution < -0.4 is 9.64 Å². The van der Waals surface area contributed by atoms with E-state index in [-0.39, 0.29) is 6.10 Å². The first-order chi connectivity index (χ1) is 12.4. The molecular weight excluding hydrogens is 318 g/mol. The first-order valence-corrected chi connectivity index (χ1v) is 8.59. The minimum absolute atomic E-state index is 0.313. The molecule has 0 saturated heterocycles. The van der Waals surface area contributed by atoms with Crippen LogP contribution in [0.2, 0.25) is 0 Å². The van der Waals surface area contributed by atoms with Gasteiger partial charge in [0.15, 0.2) is 0 Å². The number of aromatic nitrogens is 1. The van der Waals surface area contributed by atoms with Crippen LogP contribution in [0.15, 0.2) is 67.3 Å². The molecule has 1 heterocycles. The summed E-state index contributed by atoms with van der Waals surface area (Å²) < 4.78 is 6.11. The molecule has 0 bridgehead atoms. The second-order valence-electron chi connectivity index (χ2n) is 6.18. The van der Waals surface area contributed by atoms with Crippen molar-refractivity contribution < 1.29 is 4.74 Å². The number of ether oxygens (including phenoxy) is 1. The predicted molar refractivity (Wildman–Crippen MR) is 113 cm³/mol. The monoisotopic (exact) mass is 341 g/mol. The number of anilines is 1. The molecule has 0 spiro atoms. The summed E-state index contributed by atoms with van der Waals surface area (Å²) in [6.45, 7) is 12.1. The molecule has 2 rings (SSSR count). The molecular formula is C21H23B2N2O. The Morgan fingerprint density at radius 3 is 2.38 bits per heavy atom. The van der Waals surface area contributed by atoms with Crippen molar-refractivity contribution in [3.05, 3.63) is 72.9 Å². The summed E-state index contributed by atoms with van der Waals surface area (Å²) in [5, 5.41) is 0. The number of benzene rings is 1. The quantitative estimate of drug-likeness (QED) is 0.650. The van der Waals surface area contributed by atoms with Gasteiger partial charge in [-0.25, -0.2) is 0 Å². The molecule has 2 aromatic rings. The summed E-state index contributed by atoms with van der Waals surface area (Å²) in [6.07, 6.45) is 2.11. The van der Waals surface area contributed by atoms with Crippen LogP contribution in [0.3, 0.4) is 0 Å². The summed E-state index contributed by atoms with van der Waals surface area (Å²) >= 11 is 0. The number of hydrogen-bond donors (Lipinski definition) is 0. The number of rotatable bonds is 9.